The van der Waals surface area contributed by atoms with Crippen LogP contribution in [0.5, 0.6) is 0 Å². The van der Waals surface area contributed by atoms with Crippen LogP contribution in [0.2, 0.25) is 0 Å². The van der Waals surface area contributed by atoms with Gasteiger partial charge in [-0.2, -0.15) is 11.8 Å². The van der Waals surface area contributed by atoms with Gasteiger partial charge in [0.25, 0.3) is 0 Å². The van der Waals surface area contributed by atoms with Gasteiger partial charge in [-0.05, 0) is 19.2 Å². The molecular weight excluding hydrogens is 220 g/mol. The Morgan fingerprint density at radius 2 is 2.50 bits per heavy atom. The van der Waals surface area contributed by atoms with Crippen LogP contribution in [0.3, 0.4) is 0 Å². The lowest BCUT2D eigenvalue weighted by atomic mass is 10.1. The molecule has 1 aliphatic heterocycles. The van der Waals surface area contributed by atoms with Crippen molar-refractivity contribution in [2.75, 3.05) is 31.6 Å². The number of carbonyl (C=O) groups is 1. The minimum Gasteiger partial charge on any atom is -0.352 e. The van der Waals surface area contributed by atoms with E-state index in [1.807, 2.05) is 6.26 Å². The molecule has 1 amide bonds. The molecule has 0 aromatic rings. The van der Waals surface area contributed by atoms with Crippen LogP contribution in [-0.2, 0) is 4.79 Å². The van der Waals surface area contributed by atoms with Crippen molar-refractivity contribution in [3.05, 3.63) is 11.6 Å². The van der Waals surface area contributed by atoms with Crippen LogP contribution in [0.1, 0.15) is 6.42 Å². The van der Waals surface area contributed by atoms with Gasteiger partial charge in [-0.25, -0.2) is 0 Å². The highest BCUT2D eigenvalue weighted by Gasteiger charge is 2.04. The summed E-state index contributed by atoms with van der Waals surface area (Å²) in [7, 11) is 0. The van der Waals surface area contributed by atoms with E-state index in [2.05, 4.69) is 16.7 Å². The number of hydrogen-bond donors (Lipinski definition) is 2. The average molecular weight is 237 g/mol. The largest absolute Gasteiger partial charge is 0.352 e. The van der Waals surface area contributed by atoms with Gasteiger partial charge in [-0.15, -0.1) is 12.4 Å². The third kappa shape index (κ3) is 5.52. The lowest BCUT2D eigenvalue weighted by molar-refractivity contribution is -0.118. The van der Waals surface area contributed by atoms with Gasteiger partial charge in [0.05, 0.1) is 5.75 Å². The second kappa shape index (κ2) is 8.15. The summed E-state index contributed by atoms with van der Waals surface area (Å²) in [6.45, 7) is 2.69. The Hall–Kier alpha value is -0.190. The van der Waals surface area contributed by atoms with E-state index in [9.17, 15) is 4.79 Å². The summed E-state index contributed by atoms with van der Waals surface area (Å²) in [5.41, 5.74) is 1.34. The summed E-state index contributed by atoms with van der Waals surface area (Å²) in [6, 6.07) is 0. The normalized spacial score (nSPS) is 15.4. The van der Waals surface area contributed by atoms with E-state index in [-0.39, 0.29) is 18.3 Å². The zero-order valence-electron chi connectivity index (χ0n) is 8.34. The standard InChI is InChI=1S/C9H16N2OS.ClH/c1-13-7-9(12)11-6-8-2-4-10-5-3-8;/h2,10H,3-7H2,1H3,(H,11,12);1H. The fourth-order valence-corrected chi connectivity index (χ4v) is 1.59. The first-order valence-corrected chi connectivity index (χ1v) is 5.86. The monoisotopic (exact) mass is 236 g/mol. The van der Waals surface area contributed by atoms with E-state index in [0.29, 0.717) is 5.75 Å². The van der Waals surface area contributed by atoms with E-state index in [1.54, 1.807) is 11.8 Å². The number of thioether (sulfide) groups is 1. The minimum absolute atomic E-state index is 0. The summed E-state index contributed by atoms with van der Waals surface area (Å²) < 4.78 is 0. The summed E-state index contributed by atoms with van der Waals surface area (Å²) in [5.74, 6) is 0.692. The van der Waals surface area contributed by atoms with Crippen LogP contribution in [-0.4, -0.2) is 37.6 Å². The molecule has 0 aromatic carbocycles. The molecule has 2 N–H and O–H groups in total. The van der Waals surface area contributed by atoms with Crippen LogP contribution >= 0.6 is 24.2 Å². The van der Waals surface area contributed by atoms with Crippen molar-refractivity contribution in [2.24, 2.45) is 0 Å². The molecule has 0 bridgehead atoms. The molecule has 82 valence electrons. The zero-order valence-corrected chi connectivity index (χ0v) is 9.97. The van der Waals surface area contributed by atoms with Crippen LogP contribution in [0.15, 0.2) is 11.6 Å². The van der Waals surface area contributed by atoms with Crippen molar-refractivity contribution in [1.82, 2.24) is 10.6 Å². The molecule has 5 heteroatoms. The molecule has 1 heterocycles. The maximum atomic E-state index is 11.1. The molecule has 0 fully saturated rings. The summed E-state index contributed by atoms with van der Waals surface area (Å²) in [6.07, 6.45) is 5.14. The van der Waals surface area contributed by atoms with Gasteiger partial charge in [0, 0.05) is 13.1 Å². The molecular formula is C9H17ClN2OS. The maximum absolute atomic E-state index is 11.1. The molecule has 0 saturated heterocycles. The molecule has 0 aromatic heterocycles. The van der Waals surface area contributed by atoms with Crippen LogP contribution in [0.4, 0.5) is 0 Å². The predicted octanol–water partition coefficient (Wildman–Crippen LogP) is 0.807. The molecule has 1 aliphatic rings. The van der Waals surface area contributed by atoms with Crippen molar-refractivity contribution >= 4 is 30.1 Å². The summed E-state index contributed by atoms with van der Waals surface area (Å²) in [4.78, 5) is 11.1. The predicted molar refractivity (Wildman–Crippen MR) is 64.2 cm³/mol. The van der Waals surface area contributed by atoms with E-state index in [0.717, 1.165) is 26.1 Å². The van der Waals surface area contributed by atoms with Crippen molar-refractivity contribution in [3.8, 4) is 0 Å². The van der Waals surface area contributed by atoms with Gasteiger partial charge in [-0.3, -0.25) is 4.79 Å². The quantitative estimate of drug-likeness (QED) is 0.710. The number of nitrogens with one attached hydrogen (secondary N) is 2. The first-order valence-electron chi connectivity index (χ1n) is 4.47. The Morgan fingerprint density at radius 1 is 1.71 bits per heavy atom. The molecule has 0 spiro atoms. The third-order valence-electron chi connectivity index (χ3n) is 1.95. The topological polar surface area (TPSA) is 41.1 Å². The highest BCUT2D eigenvalue weighted by molar-refractivity contribution is 7.99. The lowest BCUT2D eigenvalue weighted by Gasteiger charge is -2.14. The van der Waals surface area contributed by atoms with Crippen molar-refractivity contribution in [2.45, 2.75) is 6.42 Å². The van der Waals surface area contributed by atoms with Gasteiger partial charge in [-0.1, -0.05) is 11.6 Å². The first-order chi connectivity index (χ1) is 6.33. The number of amides is 1. The number of hydrogen-bond acceptors (Lipinski definition) is 3. The molecule has 0 atom stereocenters. The van der Waals surface area contributed by atoms with E-state index in [1.165, 1.54) is 5.57 Å². The van der Waals surface area contributed by atoms with Gasteiger partial charge in [0.2, 0.25) is 5.91 Å². The number of halogens is 1. The molecule has 0 radical (unpaired) electrons. The van der Waals surface area contributed by atoms with E-state index in [4.69, 9.17) is 0 Å². The van der Waals surface area contributed by atoms with Crippen molar-refractivity contribution in [1.29, 1.82) is 0 Å². The first kappa shape index (κ1) is 13.8. The maximum Gasteiger partial charge on any atom is 0.230 e. The smallest absolute Gasteiger partial charge is 0.230 e. The fourth-order valence-electron chi connectivity index (χ4n) is 1.22. The fraction of sp³-hybridized carbons (Fsp3) is 0.667. The Balaban J connectivity index is 0.00000169. The van der Waals surface area contributed by atoms with Gasteiger partial charge >= 0.3 is 0 Å². The highest BCUT2D eigenvalue weighted by atomic mass is 35.5. The Kier molecular flexibility index (Phi) is 8.04. The zero-order chi connectivity index (χ0) is 9.52. The van der Waals surface area contributed by atoms with Gasteiger partial charge < -0.3 is 10.6 Å². The van der Waals surface area contributed by atoms with Crippen molar-refractivity contribution < 1.29 is 4.79 Å². The lowest BCUT2D eigenvalue weighted by Crippen LogP contribution is -2.30. The second-order valence-corrected chi connectivity index (χ2v) is 3.89. The molecule has 0 unspecified atom stereocenters. The molecule has 0 aliphatic carbocycles. The highest BCUT2D eigenvalue weighted by Crippen LogP contribution is 2.02. The summed E-state index contributed by atoms with van der Waals surface area (Å²) >= 11 is 1.55. The molecule has 3 nitrogen and oxygen atoms in total. The van der Waals surface area contributed by atoms with Crippen LogP contribution in [0, 0.1) is 0 Å². The Morgan fingerprint density at radius 3 is 3.07 bits per heavy atom. The molecule has 1 rings (SSSR count). The molecule has 0 saturated carbocycles. The van der Waals surface area contributed by atoms with E-state index >= 15 is 0 Å². The number of carbonyl (C=O) groups excluding carboxylic acids is 1. The average Bonchev–Trinajstić information content (AvgIpc) is 2.17. The van der Waals surface area contributed by atoms with Crippen LogP contribution < -0.4 is 10.6 Å². The molecule has 14 heavy (non-hydrogen) atoms. The van der Waals surface area contributed by atoms with E-state index < -0.39 is 0 Å². The Bertz CT molecular complexity index is 209. The van der Waals surface area contributed by atoms with Gasteiger partial charge in [0.1, 0.15) is 0 Å². The van der Waals surface area contributed by atoms with Crippen molar-refractivity contribution in [3.63, 3.8) is 0 Å². The van der Waals surface area contributed by atoms with Crippen LogP contribution in [0.25, 0.3) is 0 Å². The number of rotatable bonds is 4. The van der Waals surface area contributed by atoms with Gasteiger partial charge in [0.15, 0.2) is 0 Å². The summed E-state index contributed by atoms with van der Waals surface area (Å²) in [5, 5.41) is 6.13. The second-order valence-electron chi connectivity index (χ2n) is 3.03. The third-order valence-corrected chi connectivity index (χ3v) is 2.50. The Labute approximate surface area is 95.5 Å². The SMILES string of the molecule is CSCC(=O)NCC1=CCNCC1.Cl. The minimum atomic E-state index is 0.